The Morgan fingerprint density at radius 1 is 1.48 bits per heavy atom. The third-order valence-corrected chi connectivity index (χ3v) is 3.40. The number of aliphatic carboxylic acids is 1. The molecule has 0 spiro atoms. The van der Waals surface area contributed by atoms with E-state index < -0.39 is 30.5 Å². The lowest BCUT2D eigenvalue weighted by Crippen LogP contribution is -2.40. The fourth-order valence-corrected chi connectivity index (χ4v) is 2.35. The topological polar surface area (TPSA) is 157 Å². The number of hydrogen-bond donors (Lipinski definition) is 4. The van der Waals surface area contributed by atoms with Gasteiger partial charge >= 0.3 is 5.97 Å². The van der Waals surface area contributed by atoms with E-state index in [4.69, 9.17) is 15.6 Å². The lowest BCUT2D eigenvalue weighted by atomic mass is 10.1. The van der Waals surface area contributed by atoms with Crippen molar-refractivity contribution in [2.45, 2.75) is 31.0 Å². The first-order valence-electron chi connectivity index (χ1n) is 6.16. The molecule has 10 heteroatoms. The van der Waals surface area contributed by atoms with E-state index in [1.165, 1.54) is 17.2 Å². The Hall–Kier alpha value is -2.30. The smallest absolute Gasteiger partial charge is 0.335 e. The van der Waals surface area contributed by atoms with Crippen molar-refractivity contribution in [3.63, 3.8) is 0 Å². The number of carboxylic acids is 1. The second-order valence-electron chi connectivity index (χ2n) is 4.72. The monoisotopic (exact) mass is 295 g/mol. The molecule has 5 N–H and O–H groups in total. The summed E-state index contributed by atoms with van der Waals surface area (Å²) in [5, 5.41) is 28.2. The van der Waals surface area contributed by atoms with Gasteiger partial charge in [0, 0.05) is 6.42 Å². The van der Waals surface area contributed by atoms with Crippen LogP contribution in [0.25, 0.3) is 11.2 Å². The van der Waals surface area contributed by atoms with Crippen molar-refractivity contribution >= 4 is 23.0 Å². The number of fused-ring (bicyclic) bond motifs is 1. The lowest BCUT2D eigenvalue weighted by Gasteiger charge is -2.18. The molecule has 1 fully saturated rings. The highest BCUT2D eigenvalue weighted by atomic mass is 16.5. The fourth-order valence-electron chi connectivity index (χ4n) is 2.35. The van der Waals surface area contributed by atoms with Gasteiger partial charge in [-0.15, -0.1) is 0 Å². The number of aromatic nitrogens is 4. The normalized spacial score (nSPS) is 27.0. The number of nitrogens with two attached hydrogens (primary N) is 1. The van der Waals surface area contributed by atoms with E-state index >= 15 is 0 Å². The highest BCUT2D eigenvalue weighted by Gasteiger charge is 2.42. The summed E-state index contributed by atoms with van der Waals surface area (Å²) in [6, 6.07) is 0. The Balaban J connectivity index is 1.91. The van der Waals surface area contributed by atoms with Crippen LogP contribution in [0.2, 0.25) is 0 Å². The SMILES string of the molecule is Nc1ncnc2c1ncn2[C@H]1C[C@H](O)[C@@H]([C@@H](O)C(=O)O)O1. The third kappa shape index (κ3) is 2.18. The molecule has 10 nitrogen and oxygen atoms in total. The summed E-state index contributed by atoms with van der Waals surface area (Å²) in [4.78, 5) is 22.7. The average molecular weight is 295 g/mol. The summed E-state index contributed by atoms with van der Waals surface area (Å²) >= 11 is 0. The van der Waals surface area contributed by atoms with Gasteiger partial charge in [-0.2, -0.15) is 0 Å². The van der Waals surface area contributed by atoms with Gasteiger partial charge in [0.1, 0.15) is 24.2 Å². The first-order chi connectivity index (χ1) is 9.99. The average Bonchev–Trinajstić information content (AvgIpc) is 3.02. The van der Waals surface area contributed by atoms with E-state index in [9.17, 15) is 15.0 Å². The van der Waals surface area contributed by atoms with Gasteiger partial charge in [0.25, 0.3) is 0 Å². The molecule has 1 aliphatic rings. The number of anilines is 1. The number of carbonyl (C=O) groups is 1. The van der Waals surface area contributed by atoms with Crippen molar-refractivity contribution < 1.29 is 24.9 Å². The summed E-state index contributed by atoms with van der Waals surface area (Å²) in [5.41, 5.74) is 6.47. The zero-order valence-electron chi connectivity index (χ0n) is 10.7. The van der Waals surface area contributed by atoms with Crippen LogP contribution in [0.5, 0.6) is 0 Å². The maximum atomic E-state index is 10.8. The van der Waals surface area contributed by atoms with Gasteiger partial charge in [-0.1, -0.05) is 0 Å². The standard InChI is InChI=1S/C11H13N5O5/c12-9-6-10(14-2-13-9)16(3-15-6)5-1-4(17)8(21-5)7(18)11(19)20/h2-5,7-8,17-18H,1H2,(H,19,20)(H2,12,13,14)/t4-,5+,7+,8-/m0/s1. The van der Waals surface area contributed by atoms with Crippen molar-refractivity contribution in [3.8, 4) is 0 Å². The Labute approximate surface area is 117 Å². The molecular formula is C11H13N5O5. The first kappa shape index (κ1) is 13.7. The molecular weight excluding hydrogens is 282 g/mol. The van der Waals surface area contributed by atoms with Gasteiger partial charge in [0.05, 0.1) is 12.4 Å². The molecule has 1 aliphatic heterocycles. The first-order valence-corrected chi connectivity index (χ1v) is 6.16. The van der Waals surface area contributed by atoms with Crippen molar-refractivity contribution in [3.05, 3.63) is 12.7 Å². The van der Waals surface area contributed by atoms with E-state index in [1.54, 1.807) is 0 Å². The number of nitrogens with zero attached hydrogens (tertiary/aromatic N) is 4. The van der Waals surface area contributed by atoms with Crippen LogP contribution in [0.4, 0.5) is 5.82 Å². The van der Waals surface area contributed by atoms with Crippen LogP contribution < -0.4 is 5.73 Å². The van der Waals surface area contributed by atoms with Gasteiger partial charge in [-0.3, -0.25) is 4.57 Å². The molecule has 4 atom stereocenters. The van der Waals surface area contributed by atoms with Crippen molar-refractivity contribution in [2.75, 3.05) is 5.73 Å². The van der Waals surface area contributed by atoms with Crippen molar-refractivity contribution in [2.24, 2.45) is 0 Å². The minimum Gasteiger partial charge on any atom is -0.479 e. The largest absolute Gasteiger partial charge is 0.479 e. The van der Waals surface area contributed by atoms with Crippen LogP contribution in [0.3, 0.4) is 0 Å². The highest BCUT2D eigenvalue weighted by Crippen LogP contribution is 2.32. The van der Waals surface area contributed by atoms with E-state index in [0.29, 0.717) is 11.2 Å². The molecule has 0 amide bonds. The number of carboxylic acid groups (broad SMARTS) is 1. The number of aliphatic hydroxyl groups is 2. The molecule has 1 saturated heterocycles. The number of imidazole rings is 1. The summed E-state index contributed by atoms with van der Waals surface area (Å²) in [7, 11) is 0. The Morgan fingerprint density at radius 2 is 2.24 bits per heavy atom. The molecule has 112 valence electrons. The molecule has 0 saturated carbocycles. The maximum absolute atomic E-state index is 10.8. The number of ether oxygens (including phenoxy) is 1. The van der Waals surface area contributed by atoms with Crippen molar-refractivity contribution in [1.82, 2.24) is 19.5 Å². The molecule has 2 aromatic rings. The molecule has 0 unspecified atom stereocenters. The van der Waals surface area contributed by atoms with Crippen LogP contribution >= 0.6 is 0 Å². The van der Waals surface area contributed by atoms with E-state index in [-0.39, 0.29) is 12.2 Å². The third-order valence-electron chi connectivity index (χ3n) is 3.40. The summed E-state index contributed by atoms with van der Waals surface area (Å²) < 4.78 is 6.95. The van der Waals surface area contributed by atoms with Crippen molar-refractivity contribution in [1.29, 1.82) is 0 Å². The summed E-state index contributed by atoms with van der Waals surface area (Å²) in [6.45, 7) is 0. The van der Waals surface area contributed by atoms with Crippen LogP contribution in [0.15, 0.2) is 12.7 Å². The molecule has 0 aromatic carbocycles. The van der Waals surface area contributed by atoms with Crippen LogP contribution in [-0.2, 0) is 9.53 Å². The van der Waals surface area contributed by atoms with E-state index in [1.807, 2.05) is 0 Å². The molecule has 3 rings (SSSR count). The number of aliphatic hydroxyl groups excluding tert-OH is 2. The molecule has 0 aliphatic carbocycles. The van der Waals surface area contributed by atoms with Crippen LogP contribution in [-0.4, -0.2) is 59.1 Å². The molecule has 0 bridgehead atoms. The predicted octanol–water partition coefficient (Wildman–Crippen LogP) is -1.50. The molecule has 0 radical (unpaired) electrons. The van der Waals surface area contributed by atoms with Gasteiger partial charge in [-0.25, -0.2) is 19.7 Å². The second kappa shape index (κ2) is 4.91. The number of hydrogen-bond acceptors (Lipinski definition) is 8. The molecule has 21 heavy (non-hydrogen) atoms. The van der Waals surface area contributed by atoms with Gasteiger partial charge in [0.2, 0.25) is 0 Å². The zero-order chi connectivity index (χ0) is 15.1. The van der Waals surface area contributed by atoms with Gasteiger partial charge < -0.3 is 25.8 Å². The molecule has 2 aromatic heterocycles. The number of rotatable bonds is 3. The van der Waals surface area contributed by atoms with Crippen LogP contribution in [0.1, 0.15) is 12.6 Å². The summed E-state index contributed by atoms with van der Waals surface area (Å²) in [6.07, 6.45) is -2.04. The summed E-state index contributed by atoms with van der Waals surface area (Å²) in [5.74, 6) is -1.25. The van der Waals surface area contributed by atoms with Crippen LogP contribution in [0, 0.1) is 0 Å². The highest BCUT2D eigenvalue weighted by molar-refractivity contribution is 5.81. The Kier molecular flexibility index (Phi) is 3.20. The lowest BCUT2D eigenvalue weighted by molar-refractivity contribution is -0.160. The van der Waals surface area contributed by atoms with E-state index in [0.717, 1.165) is 0 Å². The van der Waals surface area contributed by atoms with E-state index in [2.05, 4.69) is 15.0 Å². The Bertz CT molecular complexity index is 689. The minimum absolute atomic E-state index is 0.102. The number of nitrogen functional groups attached to an aromatic ring is 1. The quantitative estimate of drug-likeness (QED) is 0.529. The molecule has 3 heterocycles. The predicted molar refractivity (Wildman–Crippen MR) is 67.9 cm³/mol. The fraction of sp³-hybridized carbons (Fsp3) is 0.455. The zero-order valence-corrected chi connectivity index (χ0v) is 10.7. The van der Waals surface area contributed by atoms with Gasteiger partial charge in [-0.05, 0) is 0 Å². The second-order valence-corrected chi connectivity index (χ2v) is 4.72. The maximum Gasteiger partial charge on any atom is 0.335 e. The Morgan fingerprint density at radius 3 is 2.95 bits per heavy atom. The minimum atomic E-state index is -1.81. The van der Waals surface area contributed by atoms with Gasteiger partial charge in [0.15, 0.2) is 17.6 Å².